The molecule has 0 atom stereocenters. The molecule has 0 spiro atoms. The van der Waals surface area contributed by atoms with E-state index >= 15 is 0 Å². The van der Waals surface area contributed by atoms with Gasteiger partial charge in [-0.2, -0.15) is 158 Å². The van der Waals surface area contributed by atoms with Crippen molar-refractivity contribution in [1.82, 2.24) is 0 Å². The summed E-state index contributed by atoms with van der Waals surface area (Å²) in [5.41, 5.74) is -10.9. The van der Waals surface area contributed by atoms with Crippen molar-refractivity contribution >= 4 is 95.3 Å². The van der Waals surface area contributed by atoms with Crippen molar-refractivity contribution in [1.29, 1.82) is 0 Å². The van der Waals surface area contributed by atoms with Gasteiger partial charge in [-0.3, -0.25) is 0 Å². The maximum absolute atomic E-state index is 12.9. The third-order valence-electron chi connectivity index (χ3n) is 18.0. The molecule has 0 heterocycles. The summed E-state index contributed by atoms with van der Waals surface area (Å²) in [5, 5.41) is 4.64. The molecule has 0 radical (unpaired) electrons. The molecule has 12 aromatic carbocycles. The zero-order chi connectivity index (χ0) is 92.1. The minimum atomic E-state index is -4.58. The van der Waals surface area contributed by atoms with E-state index in [4.69, 9.17) is 0 Å². The molecule has 0 bridgehead atoms. The molecule has 0 saturated carbocycles. The molecule has 12 rings (SSSR count). The minimum absolute atomic E-state index is 0. The molecule has 0 aliphatic heterocycles. The van der Waals surface area contributed by atoms with E-state index in [0.717, 1.165) is 146 Å². The first-order chi connectivity index (χ1) is 57.1. The van der Waals surface area contributed by atoms with Gasteiger partial charge in [-0.1, -0.05) is 0 Å². The maximum atomic E-state index is 12.9. The molecular formula is C84H52F36P4Pd+4. The van der Waals surface area contributed by atoms with Gasteiger partial charge in [-0.25, -0.2) is 0 Å². The molecule has 0 amide bonds. The monoisotopic (exact) mass is 1970 g/mol. The summed E-state index contributed by atoms with van der Waals surface area (Å²) < 4.78 is 463. The normalized spacial score (nSPS) is 12.9. The van der Waals surface area contributed by atoms with Gasteiger partial charge in [0.1, 0.15) is 63.7 Å². The standard InChI is InChI=1S/4C21H12F9P.Pd/c4*22-19(23,24)13-1-7-16(8-2-13)31(17-9-3-14(4-10-17)20(25,26)27)18-11-5-15(6-12-18)21(28,29)30;/h4*1-12H;/p+4. The largest absolute Gasteiger partial charge is 0.416 e. The van der Waals surface area contributed by atoms with E-state index in [1.54, 1.807) is 0 Å². The van der Waals surface area contributed by atoms with Crippen molar-refractivity contribution in [3.8, 4) is 0 Å². The smallest absolute Gasteiger partial charge is 0.166 e. The van der Waals surface area contributed by atoms with Crippen molar-refractivity contribution in [2.24, 2.45) is 0 Å². The van der Waals surface area contributed by atoms with Gasteiger partial charge in [-0.05, 0) is 291 Å². The van der Waals surface area contributed by atoms with Crippen molar-refractivity contribution in [3.63, 3.8) is 0 Å². The SMILES string of the molecule is FC(F)(F)c1ccc([PH+](c2ccc(C(F)(F)F)cc2)c2ccc(C(F)(F)F)cc2)cc1.FC(F)(F)c1ccc([PH+](c2ccc(C(F)(F)F)cc2)c2ccc(C(F)(F)F)cc2)cc1.FC(F)(F)c1ccc([PH+](c2ccc(C(F)(F)F)cc2)c2ccc(C(F)(F)F)cc2)cc1.FC(F)(F)c1ccc([PH+](c2ccc(C(F)(F)F)cc2)c2ccc(C(F)(F)F)cc2)cc1.[Pd]. The third kappa shape index (κ3) is 27.3. The minimum Gasteiger partial charge on any atom is -0.166 e. The van der Waals surface area contributed by atoms with Crippen LogP contribution in [0.15, 0.2) is 291 Å². The molecule has 12 aromatic rings. The second kappa shape index (κ2) is 39.0. The van der Waals surface area contributed by atoms with Gasteiger partial charge in [0.2, 0.25) is 0 Å². The Morgan fingerprint density at radius 3 is 0.184 bits per heavy atom. The van der Waals surface area contributed by atoms with Gasteiger partial charge in [-0.15, -0.1) is 0 Å². The van der Waals surface area contributed by atoms with E-state index in [9.17, 15) is 158 Å². The average Bonchev–Trinajstić information content (AvgIpc) is 0.799. The Hall–Kier alpha value is -9.50. The Bertz CT molecular complexity index is 4210. The Morgan fingerprint density at radius 1 is 0.0960 bits per heavy atom. The van der Waals surface area contributed by atoms with Crippen LogP contribution in [0, 0.1) is 0 Å². The number of halogens is 36. The fraction of sp³-hybridized carbons (Fsp3) is 0.143. The first kappa shape index (κ1) is 101. The van der Waals surface area contributed by atoms with Crippen LogP contribution in [0.2, 0.25) is 0 Å². The van der Waals surface area contributed by atoms with E-state index in [-0.39, 0.29) is 20.4 Å². The molecule has 0 fully saturated rings. The molecule has 666 valence electrons. The summed E-state index contributed by atoms with van der Waals surface area (Å²) in [7, 11) is -8.65. The van der Waals surface area contributed by atoms with Gasteiger partial charge < -0.3 is 0 Å². The second-order valence-electron chi connectivity index (χ2n) is 26.4. The zero-order valence-electron chi connectivity index (χ0n) is 61.6. The molecule has 0 saturated heterocycles. The summed E-state index contributed by atoms with van der Waals surface area (Å²) in [5.74, 6) is 0. The summed E-state index contributed by atoms with van der Waals surface area (Å²) in [6, 6.07) is 49.0. The van der Waals surface area contributed by atoms with Crippen molar-refractivity contribution < 1.29 is 178 Å². The quantitative estimate of drug-likeness (QED) is 0.0650. The number of benzene rings is 12. The van der Waals surface area contributed by atoms with Crippen LogP contribution in [0.5, 0.6) is 0 Å². The summed E-state index contributed by atoms with van der Waals surface area (Å²) in [6.45, 7) is 0. The van der Waals surface area contributed by atoms with Gasteiger partial charge in [0, 0.05) is 20.4 Å². The van der Waals surface area contributed by atoms with E-state index < -0.39 is 173 Å². The van der Waals surface area contributed by atoms with E-state index in [1.165, 1.54) is 146 Å². The fourth-order valence-corrected chi connectivity index (χ4v) is 21.9. The van der Waals surface area contributed by atoms with Crippen LogP contribution in [-0.4, -0.2) is 0 Å². The van der Waals surface area contributed by atoms with Gasteiger partial charge in [0.25, 0.3) is 0 Å². The Balaban J connectivity index is 0.000000206. The summed E-state index contributed by atoms with van der Waals surface area (Å²) in [6.07, 6.45) is -54.9. The van der Waals surface area contributed by atoms with E-state index in [0.29, 0.717) is 63.7 Å². The number of rotatable bonds is 12. The van der Waals surface area contributed by atoms with Crippen molar-refractivity contribution in [3.05, 3.63) is 358 Å². The molecule has 0 aliphatic rings. The van der Waals surface area contributed by atoms with Crippen LogP contribution in [0.4, 0.5) is 158 Å². The van der Waals surface area contributed by atoms with Crippen LogP contribution >= 0.6 is 31.7 Å². The molecule has 0 aromatic heterocycles. The summed E-state index contributed by atoms with van der Waals surface area (Å²) >= 11 is 0. The Morgan fingerprint density at radius 2 is 0.144 bits per heavy atom. The molecule has 0 nitrogen and oxygen atoms in total. The topological polar surface area (TPSA) is 0 Å². The van der Waals surface area contributed by atoms with Crippen LogP contribution < -0.4 is 63.7 Å². The van der Waals surface area contributed by atoms with Gasteiger partial charge in [0.15, 0.2) is 0 Å². The van der Waals surface area contributed by atoms with Gasteiger partial charge >= 0.3 is 74.1 Å². The Kier molecular flexibility index (Phi) is 31.5. The van der Waals surface area contributed by atoms with E-state index in [1.807, 2.05) is 0 Å². The maximum Gasteiger partial charge on any atom is 0.416 e. The average molecular weight is 1980 g/mol. The third-order valence-corrected chi connectivity index (χ3v) is 28.9. The number of hydrogen-bond donors (Lipinski definition) is 0. The van der Waals surface area contributed by atoms with Crippen molar-refractivity contribution in [2.45, 2.75) is 74.1 Å². The molecule has 125 heavy (non-hydrogen) atoms. The zero-order valence-corrected chi connectivity index (χ0v) is 67.2. The molecule has 41 heteroatoms. The van der Waals surface area contributed by atoms with E-state index in [2.05, 4.69) is 0 Å². The van der Waals surface area contributed by atoms with Crippen LogP contribution in [0.3, 0.4) is 0 Å². The van der Waals surface area contributed by atoms with Crippen LogP contribution in [0.1, 0.15) is 66.8 Å². The van der Waals surface area contributed by atoms with Crippen LogP contribution in [-0.2, 0) is 94.5 Å². The first-order valence-corrected chi connectivity index (χ1v) is 40.7. The fourth-order valence-electron chi connectivity index (χ4n) is 11.9. The molecule has 0 aliphatic carbocycles. The number of alkyl halides is 36. The summed E-state index contributed by atoms with van der Waals surface area (Å²) in [4.78, 5) is 0. The van der Waals surface area contributed by atoms with Gasteiger partial charge in [0.05, 0.1) is 98.4 Å². The van der Waals surface area contributed by atoms with Crippen LogP contribution in [0.25, 0.3) is 0 Å². The molecule has 0 N–H and O–H groups in total. The Labute approximate surface area is 702 Å². The predicted octanol–water partition coefficient (Wildman–Crippen LogP) is 24.9. The number of hydrogen-bond acceptors (Lipinski definition) is 0. The predicted molar refractivity (Wildman–Crippen MR) is 406 cm³/mol. The van der Waals surface area contributed by atoms with Crippen molar-refractivity contribution in [2.75, 3.05) is 0 Å². The second-order valence-corrected chi connectivity index (χ2v) is 36.3. The first-order valence-electron chi connectivity index (χ1n) is 34.7. The molecule has 0 unspecified atom stereocenters. The molecular weight excluding hydrogens is 1920 g/mol.